The smallest absolute Gasteiger partial charge is 0 e. The van der Waals surface area contributed by atoms with Crippen LogP contribution in [0.2, 0.25) is 0 Å². The Morgan fingerprint density at radius 3 is 1.17 bits per heavy atom. The van der Waals surface area contributed by atoms with Crippen LogP contribution in [0.25, 0.3) is 0 Å². The van der Waals surface area contributed by atoms with Gasteiger partial charge in [-0.05, 0) is 0 Å². The summed E-state index contributed by atoms with van der Waals surface area (Å²) in [6.45, 7) is 0.993. The van der Waals surface area contributed by atoms with Gasteiger partial charge in [-0.15, -0.1) is 0 Å². The van der Waals surface area contributed by atoms with Crippen molar-refractivity contribution in [3.05, 3.63) is 0 Å². The molecule has 0 fully saturated rings. The molecule has 0 bridgehead atoms. The zero-order valence-corrected chi connectivity index (χ0v) is 5.08. The van der Waals surface area contributed by atoms with E-state index in [1.165, 1.54) is 0 Å². The molecular formula is CH7CuO3P. The normalized spacial score (nSPS) is 12.7. The Labute approximate surface area is 47.1 Å². The molecule has 3 N–H and O–H groups in total. The van der Waals surface area contributed by atoms with E-state index in [1.807, 2.05) is 0 Å². The van der Waals surface area contributed by atoms with Crippen LogP contribution in [0.15, 0.2) is 0 Å². The average Bonchev–Trinajstić information content (AvgIpc) is 0.722. The van der Waals surface area contributed by atoms with Gasteiger partial charge >= 0.3 is 29.3 Å². The predicted molar refractivity (Wildman–Crippen MR) is 20.9 cm³/mol. The number of rotatable bonds is 0. The van der Waals surface area contributed by atoms with Crippen LogP contribution in [-0.2, 0) is 17.1 Å². The van der Waals surface area contributed by atoms with Crippen LogP contribution in [0.3, 0.4) is 0 Å². The zero-order valence-electron chi connectivity index (χ0n) is 3.14. The first kappa shape index (κ1) is 9.95. The van der Waals surface area contributed by atoms with Gasteiger partial charge in [-0.25, -0.2) is 0 Å². The van der Waals surface area contributed by atoms with Gasteiger partial charge in [0.1, 0.15) is 0 Å². The molecule has 0 spiro atoms. The molecule has 5 heteroatoms. The van der Waals surface area contributed by atoms with E-state index in [0.29, 0.717) is 0 Å². The van der Waals surface area contributed by atoms with Crippen molar-refractivity contribution in [1.29, 1.82) is 0 Å². The van der Waals surface area contributed by atoms with E-state index in [1.54, 1.807) is 0 Å². The SMILES string of the molecule is C[PH](O)(O)O.[Cu]. The molecule has 0 heterocycles. The monoisotopic (exact) mass is 161 g/mol. The standard InChI is InChI=1S/CH7O3P.Cu/c1-5(2,3)4;/h2-5H,1H3;. The minimum atomic E-state index is -3.61. The summed E-state index contributed by atoms with van der Waals surface area (Å²) < 4.78 is 0. The fraction of sp³-hybridized carbons (Fsp3) is 1.00. The van der Waals surface area contributed by atoms with Crippen LogP contribution < -0.4 is 0 Å². The van der Waals surface area contributed by atoms with Crippen LogP contribution in [0.4, 0.5) is 0 Å². The second-order valence-corrected chi connectivity index (χ2v) is 2.91. The van der Waals surface area contributed by atoms with E-state index < -0.39 is 7.94 Å². The minimum Gasteiger partial charge on any atom is 0 e. The van der Waals surface area contributed by atoms with Crippen LogP contribution in [0.5, 0.6) is 0 Å². The van der Waals surface area contributed by atoms with Crippen molar-refractivity contribution in [2.75, 3.05) is 6.66 Å². The topological polar surface area (TPSA) is 60.7 Å². The van der Waals surface area contributed by atoms with Crippen molar-refractivity contribution in [2.45, 2.75) is 0 Å². The molecule has 3 nitrogen and oxygen atoms in total. The summed E-state index contributed by atoms with van der Waals surface area (Å²) in [5.41, 5.74) is 0. The second-order valence-electron chi connectivity index (χ2n) is 0.971. The Morgan fingerprint density at radius 2 is 1.17 bits per heavy atom. The van der Waals surface area contributed by atoms with Crippen LogP contribution in [-0.4, -0.2) is 21.3 Å². The van der Waals surface area contributed by atoms with E-state index in [2.05, 4.69) is 0 Å². The molecule has 1 radical (unpaired) electrons. The van der Waals surface area contributed by atoms with Gasteiger partial charge < -0.3 is 0 Å². The first-order valence-electron chi connectivity index (χ1n) is 1.17. The quantitative estimate of drug-likeness (QED) is 0.318. The molecular weight excluding hydrogens is 155 g/mol. The summed E-state index contributed by atoms with van der Waals surface area (Å²) in [7, 11) is -3.61. The fourth-order valence-electron chi connectivity index (χ4n) is 0. The van der Waals surface area contributed by atoms with E-state index in [-0.39, 0.29) is 17.1 Å². The number of hydrogen-bond acceptors (Lipinski definition) is 3. The Morgan fingerprint density at radius 1 is 1.17 bits per heavy atom. The van der Waals surface area contributed by atoms with Gasteiger partial charge in [0.15, 0.2) is 0 Å². The maximum absolute atomic E-state index is 7.77. The Hall–Kier alpha value is 0.829. The molecule has 0 aromatic heterocycles. The van der Waals surface area contributed by atoms with Gasteiger partial charge in [0.25, 0.3) is 0 Å². The zero-order chi connectivity index (χ0) is 4.50. The van der Waals surface area contributed by atoms with E-state index in [0.717, 1.165) is 6.66 Å². The maximum atomic E-state index is 7.77. The third-order valence-corrected chi connectivity index (χ3v) is 0. The van der Waals surface area contributed by atoms with Crippen molar-refractivity contribution >= 4 is 7.94 Å². The third kappa shape index (κ3) is 103. The molecule has 0 rings (SSSR count). The summed E-state index contributed by atoms with van der Waals surface area (Å²) in [6, 6.07) is 0. The van der Waals surface area contributed by atoms with Gasteiger partial charge in [-0.2, -0.15) is 0 Å². The van der Waals surface area contributed by atoms with Crippen molar-refractivity contribution in [3.63, 3.8) is 0 Å². The third-order valence-electron chi connectivity index (χ3n) is 0. The average molecular weight is 162 g/mol. The minimum absolute atomic E-state index is 0. The van der Waals surface area contributed by atoms with Gasteiger partial charge in [-0.3, -0.25) is 0 Å². The molecule has 0 aromatic rings. The molecule has 0 aliphatic rings. The fourth-order valence-corrected chi connectivity index (χ4v) is 0. The van der Waals surface area contributed by atoms with Gasteiger partial charge in [0, 0.05) is 17.1 Å². The van der Waals surface area contributed by atoms with E-state index in [9.17, 15) is 0 Å². The molecule has 0 aliphatic heterocycles. The molecule has 0 aromatic carbocycles. The van der Waals surface area contributed by atoms with Gasteiger partial charge in [-0.1, -0.05) is 0 Å². The van der Waals surface area contributed by atoms with Crippen molar-refractivity contribution < 1.29 is 31.7 Å². The molecule has 0 saturated carbocycles. The van der Waals surface area contributed by atoms with E-state index in [4.69, 9.17) is 14.7 Å². The Kier molecular flexibility index (Phi) is 4.83. The Balaban J connectivity index is 0. The van der Waals surface area contributed by atoms with Crippen molar-refractivity contribution in [2.24, 2.45) is 0 Å². The number of hydrogen-bond donors (Lipinski definition) is 3. The molecule has 0 saturated heterocycles. The predicted octanol–water partition coefficient (Wildman–Crippen LogP) is -0.915. The second kappa shape index (κ2) is 2.92. The van der Waals surface area contributed by atoms with E-state index >= 15 is 0 Å². The van der Waals surface area contributed by atoms with Crippen LogP contribution in [0.1, 0.15) is 0 Å². The molecule has 0 unspecified atom stereocenters. The molecule has 0 atom stereocenters. The Bertz CT molecular complexity index is 26.3. The van der Waals surface area contributed by atoms with Gasteiger partial charge in [0.2, 0.25) is 0 Å². The van der Waals surface area contributed by atoms with Crippen LogP contribution in [0, 0.1) is 0 Å². The summed E-state index contributed by atoms with van der Waals surface area (Å²) in [4.78, 5) is 23.3. The molecule has 0 amide bonds. The largest absolute Gasteiger partial charge is 0 e. The first-order valence-corrected chi connectivity index (χ1v) is 3.51. The summed E-state index contributed by atoms with van der Waals surface area (Å²) in [5, 5.41) is 0. The first-order chi connectivity index (χ1) is 2.00. The summed E-state index contributed by atoms with van der Waals surface area (Å²) in [6.07, 6.45) is 0. The summed E-state index contributed by atoms with van der Waals surface area (Å²) >= 11 is 0. The summed E-state index contributed by atoms with van der Waals surface area (Å²) in [5.74, 6) is 0. The molecule has 6 heavy (non-hydrogen) atoms. The van der Waals surface area contributed by atoms with Gasteiger partial charge in [0.05, 0.1) is 0 Å². The van der Waals surface area contributed by atoms with Crippen molar-refractivity contribution in [3.8, 4) is 0 Å². The maximum Gasteiger partial charge on any atom is 0 e. The molecule has 0 aliphatic carbocycles. The van der Waals surface area contributed by atoms with Crippen molar-refractivity contribution in [1.82, 2.24) is 0 Å². The van der Waals surface area contributed by atoms with Crippen LogP contribution >= 0.6 is 7.94 Å². The molecule has 45 valence electrons.